The van der Waals surface area contributed by atoms with Gasteiger partial charge in [0, 0.05) is 19.3 Å². The van der Waals surface area contributed by atoms with Gasteiger partial charge in [0.05, 0.1) is 0 Å². The molecule has 71 heavy (non-hydrogen) atoms. The standard InChI is InChI=1S/C65H114O6/c1-4-7-10-13-16-19-22-25-28-31-33-35-37-40-43-46-49-52-55-58-64(67)70-61-62(60-69-63(66)57-54-51-48-45-42-39-36-30-27-24-21-18-15-12-9-6-3)71-65(68)59-56-53-50-47-44-41-38-34-32-29-26-23-20-17-14-11-8-5-2/h7,10,16,19,23,25-26,28-29,32,34,38,62H,4-6,8-9,11-15,17-18,20-22,24,27,30-31,33,35-37,39-61H2,1-3H3/b10-7-,19-16-,26-23-,28-25-,32-29-,38-34-. The van der Waals surface area contributed by atoms with E-state index in [0.29, 0.717) is 19.3 Å². The van der Waals surface area contributed by atoms with Gasteiger partial charge in [-0.1, -0.05) is 280 Å². The van der Waals surface area contributed by atoms with Gasteiger partial charge < -0.3 is 14.2 Å². The monoisotopic (exact) mass is 991 g/mol. The summed E-state index contributed by atoms with van der Waals surface area (Å²) < 4.78 is 16.9. The Kier molecular flexibility index (Phi) is 56.8. The minimum atomic E-state index is -0.788. The summed E-state index contributed by atoms with van der Waals surface area (Å²) in [7, 11) is 0. The molecule has 0 bridgehead atoms. The van der Waals surface area contributed by atoms with Crippen LogP contribution in [0.5, 0.6) is 0 Å². The predicted octanol–water partition coefficient (Wildman–Crippen LogP) is 20.5. The van der Waals surface area contributed by atoms with Gasteiger partial charge in [-0.05, 0) is 77.0 Å². The Labute approximate surface area is 440 Å². The molecule has 0 amide bonds. The number of carbonyl (C=O) groups is 3. The highest BCUT2D eigenvalue weighted by Gasteiger charge is 2.19. The molecular weight excluding hydrogens is 877 g/mol. The maximum atomic E-state index is 12.9. The zero-order valence-corrected chi connectivity index (χ0v) is 47.0. The maximum absolute atomic E-state index is 12.9. The first kappa shape index (κ1) is 67.8. The maximum Gasteiger partial charge on any atom is 0.306 e. The fourth-order valence-electron chi connectivity index (χ4n) is 8.70. The van der Waals surface area contributed by atoms with Crippen LogP contribution in [0.15, 0.2) is 72.9 Å². The number of esters is 3. The average Bonchev–Trinajstić information content (AvgIpc) is 3.37. The van der Waals surface area contributed by atoms with Crippen LogP contribution in [0.2, 0.25) is 0 Å². The third-order valence-corrected chi connectivity index (χ3v) is 13.3. The molecule has 0 spiro atoms. The van der Waals surface area contributed by atoms with Crippen LogP contribution in [0.4, 0.5) is 0 Å². The van der Waals surface area contributed by atoms with Gasteiger partial charge >= 0.3 is 17.9 Å². The van der Waals surface area contributed by atoms with Crippen molar-refractivity contribution in [2.75, 3.05) is 13.2 Å². The summed E-state index contributed by atoms with van der Waals surface area (Å²) in [5, 5.41) is 0. The Balaban J connectivity index is 4.41. The zero-order valence-electron chi connectivity index (χ0n) is 47.0. The van der Waals surface area contributed by atoms with Gasteiger partial charge in [0.1, 0.15) is 13.2 Å². The lowest BCUT2D eigenvalue weighted by atomic mass is 10.0. The summed E-state index contributed by atoms with van der Waals surface area (Å²) in [4.78, 5) is 38.3. The Morgan fingerprint density at radius 3 is 0.972 bits per heavy atom. The van der Waals surface area contributed by atoms with E-state index in [2.05, 4.69) is 93.7 Å². The van der Waals surface area contributed by atoms with Gasteiger partial charge in [0.15, 0.2) is 6.10 Å². The van der Waals surface area contributed by atoms with Crippen molar-refractivity contribution in [3.63, 3.8) is 0 Å². The number of ether oxygens (including phenoxy) is 3. The topological polar surface area (TPSA) is 78.9 Å². The molecule has 0 heterocycles. The van der Waals surface area contributed by atoms with E-state index in [-0.39, 0.29) is 31.1 Å². The lowest BCUT2D eigenvalue weighted by Gasteiger charge is -2.18. The highest BCUT2D eigenvalue weighted by Crippen LogP contribution is 2.16. The molecule has 1 atom stereocenters. The van der Waals surface area contributed by atoms with Crippen LogP contribution < -0.4 is 0 Å². The molecule has 1 unspecified atom stereocenters. The summed E-state index contributed by atoms with van der Waals surface area (Å²) >= 11 is 0. The molecule has 0 aromatic carbocycles. The van der Waals surface area contributed by atoms with Gasteiger partial charge in [-0.2, -0.15) is 0 Å². The molecule has 0 aromatic rings. The third kappa shape index (κ3) is 57.6. The predicted molar refractivity (Wildman–Crippen MR) is 307 cm³/mol. The van der Waals surface area contributed by atoms with Crippen LogP contribution in [0.3, 0.4) is 0 Å². The van der Waals surface area contributed by atoms with E-state index < -0.39 is 6.10 Å². The van der Waals surface area contributed by atoms with E-state index in [9.17, 15) is 14.4 Å². The van der Waals surface area contributed by atoms with Crippen LogP contribution >= 0.6 is 0 Å². The molecule has 0 aliphatic carbocycles. The Bertz CT molecular complexity index is 1320. The average molecular weight is 992 g/mol. The van der Waals surface area contributed by atoms with Gasteiger partial charge in [0.25, 0.3) is 0 Å². The number of allylic oxidation sites excluding steroid dienone is 12. The molecule has 0 aromatic heterocycles. The smallest absolute Gasteiger partial charge is 0.306 e. The summed E-state index contributed by atoms with van der Waals surface area (Å²) in [6, 6.07) is 0. The molecular formula is C65H114O6. The summed E-state index contributed by atoms with van der Waals surface area (Å²) in [5.41, 5.74) is 0. The number of hydrogen-bond acceptors (Lipinski definition) is 6. The van der Waals surface area contributed by atoms with E-state index in [1.165, 1.54) is 161 Å². The second-order valence-corrected chi connectivity index (χ2v) is 20.3. The van der Waals surface area contributed by atoms with Crippen molar-refractivity contribution in [3.05, 3.63) is 72.9 Å². The van der Waals surface area contributed by atoms with Crippen molar-refractivity contribution < 1.29 is 28.6 Å². The van der Waals surface area contributed by atoms with Crippen LogP contribution in [-0.4, -0.2) is 37.2 Å². The van der Waals surface area contributed by atoms with Crippen molar-refractivity contribution in [3.8, 4) is 0 Å². The van der Waals surface area contributed by atoms with E-state index in [1.54, 1.807) is 0 Å². The Morgan fingerprint density at radius 1 is 0.310 bits per heavy atom. The zero-order chi connectivity index (χ0) is 51.4. The Hall–Kier alpha value is -3.15. The summed E-state index contributed by atoms with van der Waals surface area (Å²) in [5.74, 6) is -0.894. The van der Waals surface area contributed by atoms with Crippen LogP contribution in [0.1, 0.15) is 303 Å². The number of unbranched alkanes of at least 4 members (excludes halogenated alkanes) is 34. The quantitative estimate of drug-likeness (QED) is 0.0199. The first-order valence-electron chi connectivity index (χ1n) is 30.5. The van der Waals surface area contributed by atoms with Gasteiger partial charge in [-0.15, -0.1) is 0 Å². The highest BCUT2D eigenvalue weighted by atomic mass is 16.6. The highest BCUT2D eigenvalue weighted by molar-refractivity contribution is 5.71. The van der Waals surface area contributed by atoms with Crippen LogP contribution in [-0.2, 0) is 28.6 Å². The van der Waals surface area contributed by atoms with Crippen LogP contribution in [0.25, 0.3) is 0 Å². The minimum Gasteiger partial charge on any atom is -0.462 e. The molecule has 0 aliphatic heterocycles. The number of carbonyl (C=O) groups excluding carboxylic acids is 3. The lowest BCUT2D eigenvalue weighted by molar-refractivity contribution is -0.167. The van der Waals surface area contributed by atoms with Gasteiger partial charge in [0.2, 0.25) is 0 Å². The van der Waals surface area contributed by atoms with Crippen molar-refractivity contribution in [1.29, 1.82) is 0 Å². The second kappa shape index (κ2) is 59.4. The number of hydrogen-bond donors (Lipinski definition) is 0. The SMILES string of the molecule is CC/C=C\C/C=C\C/C=C\CCCCCCCCCCCC(=O)OCC(COC(=O)CCCCCCCCCCCCCCCCCC)OC(=O)CCCCCCC\C=C/C=C\C=C/CCCCCCC. The second-order valence-electron chi connectivity index (χ2n) is 20.3. The largest absolute Gasteiger partial charge is 0.462 e. The molecule has 0 N–H and O–H groups in total. The minimum absolute atomic E-state index is 0.0828. The fraction of sp³-hybridized carbons (Fsp3) is 0.769. The first-order chi connectivity index (χ1) is 35.0. The molecule has 0 saturated carbocycles. The van der Waals surface area contributed by atoms with E-state index >= 15 is 0 Å². The molecule has 0 aliphatic rings. The van der Waals surface area contributed by atoms with Crippen molar-refractivity contribution in [2.24, 2.45) is 0 Å². The third-order valence-electron chi connectivity index (χ3n) is 13.3. The lowest BCUT2D eigenvalue weighted by Crippen LogP contribution is -2.30. The summed E-state index contributed by atoms with van der Waals surface area (Å²) in [6.07, 6.45) is 76.0. The normalized spacial score (nSPS) is 12.5. The summed E-state index contributed by atoms with van der Waals surface area (Å²) in [6.45, 7) is 6.53. The van der Waals surface area contributed by atoms with E-state index in [1.807, 2.05) is 0 Å². The van der Waals surface area contributed by atoms with E-state index in [0.717, 1.165) is 103 Å². The molecule has 0 fully saturated rings. The molecule has 6 heteroatoms. The van der Waals surface area contributed by atoms with Crippen molar-refractivity contribution >= 4 is 17.9 Å². The molecule has 0 rings (SSSR count). The van der Waals surface area contributed by atoms with Crippen molar-refractivity contribution in [2.45, 2.75) is 309 Å². The number of rotatable bonds is 55. The van der Waals surface area contributed by atoms with Crippen LogP contribution in [0, 0.1) is 0 Å². The van der Waals surface area contributed by atoms with E-state index in [4.69, 9.17) is 14.2 Å². The molecule has 410 valence electrons. The van der Waals surface area contributed by atoms with Gasteiger partial charge in [-0.3, -0.25) is 14.4 Å². The molecule has 6 nitrogen and oxygen atoms in total. The Morgan fingerprint density at radius 2 is 0.606 bits per heavy atom. The molecule has 0 saturated heterocycles. The van der Waals surface area contributed by atoms with Gasteiger partial charge in [-0.25, -0.2) is 0 Å². The van der Waals surface area contributed by atoms with Crippen molar-refractivity contribution in [1.82, 2.24) is 0 Å². The first-order valence-corrected chi connectivity index (χ1v) is 30.5. The fourth-order valence-corrected chi connectivity index (χ4v) is 8.70. The molecule has 0 radical (unpaired) electrons.